The largest absolute Gasteiger partial charge is 0.409 e. The summed E-state index contributed by atoms with van der Waals surface area (Å²) in [7, 11) is 0. The van der Waals surface area contributed by atoms with Gasteiger partial charge in [0.15, 0.2) is 5.84 Å². The topological polar surface area (TPSA) is 71.1 Å². The molecule has 3 N–H and O–H groups in total. The van der Waals surface area contributed by atoms with Crippen LogP contribution >= 0.6 is 0 Å². The van der Waals surface area contributed by atoms with Crippen LogP contribution in [0.2, 0.25) is 0 Å². The predicted molar refractivity (Wildman–Crippen MR) is 78.9 cm³/mol. The second-order valence-corrected chi connectivity index (χ2v) is 5.07. The summed E-state index contributed by atoms with van der Waals surface area (Å²) in [6, 6.07) is 7.80. The first-order valence-corrected chi connectivity index (χ1v) is 7.14. The monoisotopic (exact) mass is 277 g/mol. The Hall–Kier alpha value is -1.59. The Labute approximate surface area is 120 Å². The van der Waals surface area contributed by atoms with E-state index in [2.05, 4.69) is 10.1 Å². The molecule has 0 spiro atoms. The van der Waals surface area contributed by atoms with Crippen LogP contribution in [-0.2, 0) is 11.3 Å². The van der Waals surface area contributed by atoms with Crippen molar-refractivity contribution >= 4 is 5.84 Å². The average molecular weight is 277 g/mol. The molecule has 0 atom stereocenters. The van der Waals surface area contributed by atoms with Crippen molar-refractivity contribution < 1.29 is 9.94 Å². The molecule has 0 aliphatic carbocycles. The number of benzene rings is 1. The molecule has 2 rings (SSSR count). The summed E-state index contributed by atoms with van der Waals surface area (Å²) in [4.78, 5) is 2.39. The van der Waals surface area contributed by atoms with Crippen molar-refractivity contribution in [3.8, 4) is 0 Å². The minimum absolute atomic E-state index is 0.171. The molecular weight excluding hydrogens is 254 g/mol. The first-order chi connectivity index (χ1) is 9.74. The molecule has 0 aromatic heterocycles. The van der Waals surface area contributed by atoms with Gasteiger partial charge in [-0.05, 0) is 25.3 Å². The van der Waals surface area contributed by atoms with E-state index >= 15 is 0 Å². The zero-order valence-electron chi connectivity index (χ0n) is 12.0. The van der Waals surface area contributed by atoms with Crippen molar-refractivity contribution in [2.45, 2.75) is 32.4 Å². The molecule has 1 heterocycles. The van der Waals surface area contributed by atoms with Gasteiger partial charge in [0.05, 0.1) is 6.10 Å². The molecule has 1 fully saturated rings. The van der Waals surface area contributed by atoms with Gasteiger partial charge in [0, 0.05) is 31.8 Å². The van der Waals surface area contributed by atoms with E-state index in [4.69, 9.17) is 15.7 Å². The molecule has 0 unspecified atom stereocenters. The van der Waals surface area contributed by atoms with Crippen molar-refractivity contribution in [1.29, 1.82) is 0 Å². The van der Waals surface area contributed by atoms with Gasteiger partial charge in [-0.2, -0.15) is 0 Å². The zero-order valence-corrected chi connectivity index (χ0v) is 12.0. The fraction of sp³-hybridized carbons (Fsp3) is 0.533. The summed E-state index contributed by atoms with van der Waals surface area (Å²) in [5, 5.41) is 11.9. The van der Waals surface area contributed by atoms with E-state index in [0.717, 1.165) is 50.2 Å². The maximum Gasteiger partial charge on any atom is 0.170 e. The zero-order chi connectivity index (χ0) is 14.4. The molecule has 0 bridgehead atoms. The van der Waals surface area contributed by atoms with Gasteiger partial charge in [-0.25, -0.2) is 0 Å². The number of amidine groups is 1. The number of nitrogens with zero attached hydrogens (tertiary/aromatic N) is 2. The number of piperidine rings is 1. The molecule has 1 aliphatic rings. The van der Waals surface area contributed by atoms with Crippen LogP contribution < -0.4 is 5.73 Å². The first kappa shape index (κ1) is 14.8. The molecule has 0 amide bonds. The van der Waals surface area contributed by atoms with Crippen LogP contribution in [0.5, 0.6) is 0 Å². The molecular formula is C15H23N3O2. The van der Waals surface area contributed by atoms with Crippen molar-refractivity contribution in [2.24, 2.45) is 10.9 Å². The highest BCUT2D eigenvalue weighted by Gasteiger charge is 2.20. The summed E-state index contributed by atoms with van der Waals surface area (Å²) in [6.07, 6.45) is 2.54. The summed E-state index contributed by atoms with van der Waals surface area (Å²) < 4.78 is 5.66. The smallest absolute Gasteiger partial charge is 0.170 e. The molecule has 5 heteroatoms. The highest BCUT2D eigenvalue weighted by Crippen LogP contribution is 2.18. The number of oxime groups is 1. The van der Waals surface area contributed by atoms with Crippen LogP contribution in [-0.4, -0.2) is 41.7 Å². The molecule has 1 aromatic carbocycles. The van der Waals surface area contributed by atoms with Gasteiger partial charge in [0.2, 0.25) is 0 Å². The normalized spacial score (nSPS) is 18.4. The predicted octanol–water partition coefficient (Wildman–Crippen LogP) is 1.78. The number of hydrogen-bond donors (Lipinski definition) is 2. The van der Waals surface area contributed by atoms with Gasteiger partial charge in [-0.15, -0.1) is 0 Å². The van der Waals surface area contributed by atoms with Gasteiger partial charge in [0.25, 0.3) is 0 Å². The number of likely N-dealkylation sites (tertiary alicyclic amines) is 1. The highest BCUT2D eigenvalue weighted by atomic mass is 16.5. The summed E-state index contributed by atoms with van der Waals surface area (Å²) in [6.45, 7) is 5.70. The number of rotatable bonds is 5. The second kappa shape index (κ2) is 7.26. The number of hydrogen-bond acceptors (Lipinski definition) is 4. The third kappa shape index (κ3) is 3.71. The maximum atomic E-state index is 8.85. The lowest BCUT2D eigenvalue weighted by atomic mass is 10.0. The van der Waals surface area contributed by atoms with Gasteiger partial charge >= 0.3 is 0 Å². The van der Waals surface area contributed by atoms with Crippen LogP contribution in [0.25, 0.3) is 0 Å². The van der Waals surface area contributed by atoms with Gasteiger partial charge in [-0.3, -0.25) is 4.90 Å². The second-order valence-electron chi connectivity index (χ2n) is 5.07. The number of ether oxygens (including phenoxy) is 1. The van der Waals surface area contributed by atoms with Crippen LogP contribution in [0.1, 0.15) is 30.9 Å². The van der Waals surface area contributed by atoms with Gasteiger partial charge < -0.3 is 15.7 Å². The molecule has 0 saturated carbocycles. The summed E-state index contributed by atoms with van der Waals surface area (Å²) in [5.41, 5.74) is 7.63. The van der Waals surface area contributed by atoms with E-state index in [0.29, 0.717) is 6.10 Å². The molecule has 0 radical (unpaired) electrons. The van der Waals surface area contributed by atoms with Gasteiger partial charge in [-0.1, -0.05) is 29.4 Å². The minimum Gasteiger partial charge on any atom is -0.409 e. The quantitative estimate of drug-likeness (QED) is 0.372. The van der Waals surface area contributed by atoms with Crippen LogP contribution in [0.3, 0.4) is 0 Å². The van der Waals surface area contributed by atoms with Crippen molar-refractivity contribution in [3.63, 3.8) is 0 Å². The Morgan fingerprint density at radius 1 is 1.40 bits per heavy atom. The van der Waals surface area contributed by atoms with E-state index < -0.39 is 0 Å². The summed E-state index contributed by atoms with van der Waals surface area (Å²) >= 11 is 0. The third-order valence-electron chi connectivity index (χ3n) is 3.73. The average Bonchev–Trinajstić information content (AvgIpc) is 2.49. The molecule has 5 nitrogen and oxygen atoms in total. The Morgan fingerprint density at radius 2 is 2.10 bits per heavy atom. The lowest BCUT2D eigenvalue weighted by Crippen LogP contribution is -2.37. The van der Waals surface area contributed by atoms with E-state index in [-0.39, 0.29) is 5.84 Å². The molecule has 1 saturated heterocycles. The molecule has 110 valence electrons. The fourth-order valence-corrected chi connectivity index (χ4v) is 2.67. The van der Waals surface area contributed by atoms with Gasteiger partial charge in [0.1, 0.15) is 0 Å². The number of nitrogens with two attached hydrogens (primary N) is 1. The Morgan fingerprint density at radius 3 is 2.75 bits per heavy atom. The van der Waals surface area contributed by atoms with E-state index in [1.54, 1.807) is 0 Å². The molecule has 1 aromatic rings. The fourth-order valence-electron chi connectivity index (χ4n) is 2.67. The Bertz CT molecular complexity index is 454. The van der Waals surface area contributed by atoms with Crippen molar-refractivity contribution in [3.05, 3.63) is 35.4 Å². The van der Waals surface area contributed by atoms with Crippen molar-refractivity contribution in [2.75, 3.05) is 19.7 Å². The van der Waals surface area contributed by atoms with Crippen molar-refractivity contribution in [1.82, 2.24) is 4.90 Å². The van der Waals surface area contributed by atoms with Crippen LogP contribution in [0, 0.1) is 0 Å². The Kier molecular flexibility index (Phi) is 5.38. The standard InChI is InChI=1S/C15H23N3O2/c1-2-20-13-7-9-18(10-8-13)11-12-5-3-4-6-14(12)15(16)17-19/h3-6,13,19H,2,7-11H2,1H3,(H2,16,17). The third-order valence-corrected chi connectivity index (χ3v) is 3.73. The van der Waals surface area contributed by atoms with Crippen LogP contribution in [0.4, 0.5) is 0 Å². The minimum atomic E-state index is 0.171. The highest BCUT2D eigenvalue weighted by molar-refractivity contribution is 5.98. The van der Waals surface area contributed by atoms with E-state index in [1.165, 1.54) is 0 Å². The lowest BCUT2D eigenvalue weighted by Gasteiger charge is -2.32. The van der Waals surface area contributed by atoms with Crippen LogP contribution in [0.15, 0.2) is 29.4 Å². The molecule has 20 heavy (non-hydrogen) atoms. The first-order valence-electron chi connectivity index (χ1n) is 7.14. The van der Waals surface area contributed by atoms with E-state index in [1.807, 2.05) is 31.2 Å². The summed E-state index contributed by atoms with van der Waals surface area (Å²) in [5.74, 6) is 0.171. The maximum absolute atomic E-state index is 8.85. The SMILES string of the molecule is CCOC1CCN(Cc2ccccc2C(N)=NO)CC1. The lowest BCUT2D eigenvalue weighted by molar-refractivity contribution is 0.0125. The molecule has 1 aliphatic heterocycles. The van der Waals surface area contributed by atoms with E-state index in [9.17, 15) is 0 Å². The Balaban J connectivity index is 1.98.